The number of hydrogen-bond acceptors (Lipinski definition) is 3. The Morgan fingerprint density at radius 2 is 2.15 bits per heavy atom. The van der Waals surface area contributed by atoms with Crippen LogP contribution in [0, 0.1) is 0 Å². The van der Waals surface area contributed by atoms with Crippen LogP contribution in [0.2, 0.25) is 0 Å². The SMILES string of the molecule is CCC1N=C(c2ccccc2)NN1.[HH]. The lowest BCUT2D eigenvalue weighted by atomic mass is 10.2. The Hall–Kier alpha value is -1.35. The van der Waals surface area contributed by atoms with Gasteiger partial charge in [-0.25, -0.2) is 10.4 Å². The molecule has 3 heteroatoms. The van der Waals surface area contributed by atoms with E-state index in [1.807, 2.05) is 30.3 Å². The Morgan fingerprint density at radius 3 is 2.77 bits per heavy atom. The van der Waals surface area contributed by atoms with Crippen LogP contribution in [0.3, 0.4) is 0 Å². The van der Waals surface area contributed by atoms with Gasteiger partial charge in [-0.1, -0.05) is 37.3 Å². The lowest BCUT2D eigenvalue weighted by Gasteiger charge is -2.01. The average molecular weight is 177 g/mol. The fourth-order valence-electron chi connectivity index (χ4n) is 1.31. The van der Waals surface area contributed by atoms with Gasteiger partial charge in [-0.05, 0) is 6.42 Å². The number of hydrogen-bond donors (Lipinski definition) is 2. The van der Waals surface area contributed by atoms with Gasteiger partial charge in [0.25, 0.3) is 0 Å². The zero-order valence-corrected chi connectivity index (χ0v) is 7.62. The number of benzene rings is 1. The third-order valence-electron chi connectivity index (χ3n) is 2.08. The second kappa shape index (κ2) is 3.58. The first-order valence-corrected chi connectivity index (χ1v) is 4.55. The topological polar surface area (TPSA) is 36.4 Å². The lowest BCUT2D eigenvalue weighted by molar-refractivity contribution is 0.534. The monoisotopic (exact) mass is 177 g/mol. The van der Waals surface area contributed by atoms with Gasteiger partial charge >= 0.3 is 0 Å². The highest BCUT2D eigenvalue weighted by atomic mass is 15.5. The molecule has 1 unspecified atom stereocenters. The van der Waals surface area contributed by atoms with Crippen molar-refractivity contribution in [2.45, 2.75) is 19.5 Å². The van der Waals surface area contributed by atoms with E-state index in [-0.39, 0.29) is 7.59 Å². The number of aliphatic imine (C=N–C) groups is 1. The van der Waals surface area contributed by atoms with Crippen molar-refractivity contribution in [3.63, 3.8) is 0 Å². The molecule has 1 aliphatic rings. The maximum Gasteiger partial charge on any atom is 0.144 e. The highest BCUT2D eigenvalue weighted by molar-refractivity contribution is 5.99. The summed E-state index contributed by atoms with van der Waals surface area (Å²) in [5.41, 5.74) is 7.31. The van der Waals surface area contributed by atoms with Crippen molar-refractivity contribution in [2.24, 2.45) is 4.99 Å². The second-order valence-electron chi connectivity index (χ2n) is 3.04. The van der Waals surface area contributed by atoms with Crippen molar-refractivity contribution in [1.29, 1.82) is 0 Å². The molecule has 1 atom stereocenters. The predicted octanol–water partition coefficient (Wildman–Crippen LogP) is 1.52. The Labute approximate surface area is 79.3 Å². The van der Waals surface area contributed by atoms with Crippen LogP contribution in [0.1, 0.15) is 20.3 Å². The minimum atomic E-state index is 0. The third kappa shape index (κ3) is 1.70. The first kappa shape index (κ1) is 8.26. The number of nitrogens with zero attached hydrogens (tertiary/aromatic N) is 1. The maximum atomic E-state index is 4.47. The van der Waals surface area contributed by atoms with E-state index < -0.39 is 0 Å². The summed E-state index contributed by atoms with van der Waals surface area (Å²) < 4.78 is 0. The van der Waals surface area contributed by atoms with Gasteiger partial charge in [-0.15, -0.1) is 0 Å². The van der Waals surface area contributed by atoms with E-state index in [9.17, 15) is 0 Å². The van der Waals surface area contributed by atoms with E-state index in [2.05, 4.69) is 22.8 Å². The van der Waals surface area contributed by atoms with Gasteiger partial charge in [0, 0.05) is 6.99 Å². The third-order valence-corrected chi connectivity index (χ3v) is 2.08. The normalized spacial score (nSPS) is 21.0. The van der Waals surface area contributed by atoms with Crippen molar-refractivity contribution < 1.29 is 1.43 Å². The van der Waals surface area contributed by atoms with Gasteiger partial charge in [-0.2, -0.15) is 0 Å². The molecule has 0 bridgehead atoms. The molecule has 0 spiro atoms. The van der Waals surface area contributed by atoms with Crippen molar-refractivity contribution in [2.75, 3.05) is 0 Å². The molecule has 2 N–H and O–H groups in total. The Kier molecular flexibility index (Phi) is 2.27. The van der Waals surface area contributed by atoms with Crippen LogP contribution in [0.5, 0.6) is 0 Å². The van der Waals surface area contributed by atoms with Gasteiger partial charge in [0.1, 0.15) is 12.0 Å². The zero-order valence-electron chi connectivity index (χ0n) is 7.62. The zero-order chi connectivity index (χ0) is 9.10. The van der Waals surface area contributed by atoms with Crippen LogP contribution in [-0.2, 0) is 0 Å². The molecular weight excluding hydrogens is 162 g/mol. The quantitative estimate of drug-likeness (QED) is 0.718. The summed E-state index contributed by atoms with van der Waals surface area (Å²) in [6, 6.07) is 10.1. The lowest BCUT2D eigenvalue weighted by Crippen LogP contribution is -2.34. The second-order valence-corrected chi connectivity index (χ2v) is 3.04. The average Bonchev–Trinajstić information content (AvgIpc) is 2.67. The van der Waals surface area contributed by atoms with Crippen LogP contribution >= 0.6 is 0 Å². The van der Waals surface area contributed by atoms with E-state index in [1.54, 1.807) is 0 Å². The molecule has 0 aliphatic carbocycles. The molecule has 3 nitrogen and oxygen atoms in total. The molecular formula is C10H15N3. The first-order chi connectivity index (χ1) is 6.40. The smallest absolute Gasteiger partial charge is 0.144 e. The molecule has 2 rings (SSSR count). The Balaban J connectivity index is 0.000000980. The van der Waals surface area contributed by atoms with Crippen LogP contribution in [0.15, 0.2) is 35.3 Å². The van der Waals surface area contributed by atoms with Crippen LogP contribution in [-0.4, -0.2) is 12.0 Å². The van der Waals surface area contributed by atoms with E-state index in [1.165, 1.54) is 0 Å². The van der Waals surface area contributed by atoms with Crippen LogP contribution in [0.4, 0.5) is 0 Å². The Morgan fingerprint density at radius 1 is 1.38 bits per heavy atom. The molecule has 13 heavy (non-hydrogen) atoms. The van der Waals surface area contributed by atoms with Crippen molar-refractivity contribution >= 4 is 5.84 Å². The molecule has 1 aliphatic heterocycles. The van der Waals surface area contributed by atoms with Gasteiger partial charge in [0.05, 0.1) is 0 Å². The van der Waals surface area contributed by atoms with Crippen molar-refractivity contribution in [3.05, 3.63) is 35.9 Å². The first-order valence-electron chi connectivity index (χ1n) is 4.55. The number of hydrazine groups is 1. The molecule has 0 saturated heterocycles. The fraction of sp³-hybridized carbons (Fsp3) is 0.300. The number of rotatable bonds is 2. The van der Waals surface area contributed by atoms with E-state index >= 15 is 0 Å². The molecule has 70 valence electrons. The molecule has 0 radical (unpaired) electrons. The van der Waals surface area contributed by atoms with E-state index in [4.69, 9.17) is 0 Å². The van der Waals surface area contributed by atoms with Crippen molar-refractivity contribution in [1.82, 2.24) is 10.9 Å². The number of amidine groups is 1. The van der Waals surface area contributed by atoms with E-state index in [0.717, 1.165) is 17.8 Å². The summed E-state index contributed by atoms with van der Waals surface area (Å²) in [7, 11) is 0. The molecule has 1 aromatic rings. The summed E-state index contributed by atoms with van der Waals surface area (Å²) >= 11 is 0. The summed E-state index contributed by atoms with van der Waals surface area (Å²) in [5.74, 6) is 0.937. The predicted molar refractivity (Wildman–Crippen MR) is 55.4 cm³/mol. The van der Waals surface area contributed by atoms with Gasteiger partial charge in [0.2, 0.25) is 0 Å². The molecule has 1 aromatic carbocycles. The van der Waals surface area contributed by atoms with E-state index in [0.29, 0.717) is 0 Å². The largest absolute Gasteiger partial charge is 0.304 e. The summed E-state index contributed by atoms with van der Waals surface area (Å²) in [5, 5.41) is 0. The van der Waals surface area contributed by atoms with Crippen LogP contribution < -0.4 is 10.9 Å². The molecule has 0 saturated carbocycles. The summed E-state index contributed by atoms with van der Waals surface area (Å²) in [4.78, 5) is 4.47. The number of nitrogens with one attached hydrogen (secondary N) is 2. The van der Waals surface area contributed by atoms with Crippen molar-refractivity contribution in [3.8, 4) is 0 Å². The highest BCUT2D eigenvalue weighted by Crippen LogP contribution is 2.05. The molecule has 0 amide bonds. The fourth-order valence-corrected chi connectivity index (χ4v) is 1.31. The maximum absolute atomic E-state index is 4.47. The highest BCUT2D eigenvalue weighted by Gasteiger charge is 2.14. The molecule has 0 aromatic heterocycles. The van der Waals surface area contributed by atoms with Gasteiger partial charge < -0.3 is 5.43 Å². The Bertz CT molecular complexity index is 310. The standard InChI is InChI=1S/C10H13N3.H2/c1-2-9-11-10(13-12-9)8-6-4-3-5-7-8;/h3-7,9,12H,2H2,1H3,(H,11,13);1H. The van der Waals surface area contributed by atoms with Crippen LogP contribution in [0.25, 0.3) is 0 Å². The minimum absolute atomic E-state index is 0. The molecule has 0 fully saturated rings. The van der Waals surface area contributed by atoms with Gasteiger partial charge in [0.15, 0.2) is 0 Å². The molecule has 1 heterocycles. The minimum Gasteiger partial charge on any atom is -0.304 e. The summed E-state index contributed by atoms with van der Waals surface area (Å²) in [6.07, 6.45) is 1.22. The van der Waals surface area contributed by atoms with Gasteiger partial charge in [-0.3, -0.25) is 0 Å². The summed E-state index contributed by atoms with van der Waals surface area (Å²) in [6.45, 7) is 2.11.